The molecule has 0 aromatic carbocycles. The van der Waals surface area contributed by atoms with E-state index >= 15 is 0 Å². The lowest BCUT2D eigenvalue weighted by molar-refractivity contribution is -0.870. The molecule has 2 atom stereocenters. The number of unbranched alkanes of at least 4 members (excludes halogenated alkanes) is 31. The van der Waals surface area contributed by atoms with Crippen molar-refractivity contribution >= 4 is 13.8 Å². The Labute approximate surface area is 366 Å². The molecule has 59 heavy (non-hydrogen) atoms. The Morgan fingerprint density at radius 1 is 0.525 bits per heavy atom. The van der Waals surface area contributed by atoms with Crippen LogP contribution >= 0.6 is 7.82 Å². The maximum atomic E-state index is 12.7. The number of ether oxygens (including phenoxy) is 2. The number of phosphoric ester groups is 1. The Balaban J connectivity index is 4.16. The Kier molecular flexibility index (Phi) is 42.6. The number of allylic oxidation sites excluding steroid dienone is 3. The van der Waals surface area contributed by atoms with Gasteiger partial charge in [-0.3, -0.25) is 13.8 Å². The number of nitrogens with zero attached hydrogens (tertiary/aromatic N) is 1. The number of carbonyl (C=O) groups excluding carboxylic acids is 1. The van der Waals surface area contributed by atoms with Gasteiger partial charge in [0.15, 0.2) is 6.10 Å². The average Bonchev–Trinajstić information content (AvgIpc) is 3.19. The van der Waals surface area contributed by atoms with Crippen molar-refractivity contribution in [3.8, 4) is 0 Å². The molecule has 0 spiro atoms. The first-order valence-electron chi connectivity index (χ1n) is 25.1. The highest BCUT2D eigenvalue weighted by molar-refractivity contribution is 7.47. The van der Waals surface area contributed by atoms with E-state index in [2.05, 4.69) is 26.0 Å². The third kappa shape index (κ3) is 47.7. The van der Waals surface area contributed by atoms with Crippen molar-refractivity contribution in [1.29, 1.82) is 0 Å². The number of phosphoric acid groups is 1. The lowest BCUT2D eigenvalue weighted by atomic mass is 10.0. The van der Waals surface area contributed by atoms with E-state index in [-0.39, 0.29) is 25.8 Å². The van der Waals surface area contributed by atoms with E-state index in [0.29, 0.717) is 17.4 Å². The minimum absolute atomic E-state index is 0.0492. The van der Waals surface area contributed by atoms with E-state index in [0.717, 1.165) is 32.1 Å². The lowest BCUT2D eigenvalue weighted by Gasteiger charge is -2.24. The standard InChI is InChI=1S/C50H98NO7P/c1-6-8-10-12-14-16-18-20-22-24-25-26-27-28-29-31-33-35-37-39-41-43-50(52)58-49(48-57-59(53,54)56-46-44-51(3,4)5)47-55-45-42-40-38-36-34-32-30-23-21-19-17-15-13-11-9-7-2/h17,19,42,45,49H,6-16,18,20-41,43-44,46-48H2,1-5H3/p+1/b19-17-,45-42-/t49-/m1/s1. The molecule has 0 aliphatic carbocycles. The van der Waals surface area contributed by atoms with Gasteiger partial charge < -0.3 is 18.9 Å². The van der Waals surface area contributed by atoms with Crippen molar-refractivity contribution in [2.75, 3.05) is 47.5 Å². The highest BCUT2D eigenvalue weighted by Gasteiger charge is 2.26. The molecule has 1 unspecified atom stereocenters. The summed E-state index contributed by atoms with van der Waals surface area (Å²) in [5.41, 5.74) is 0. The van der Waals surface area contributed by atoms with Crippen molar-refractivity contribution in [3.05, 3.63) is 24.5 Å². The summed E-state index contributed by atoms with van der Waals surface area (Å²) >= 11 is 0. The van der Waals surface area contributed by atoms with Crippen molar-refractivity contribution in [1.82, 2.24) is 0 Å². The molecule has 0 aliphatic heterocycles. The van der Waals surface area contributed by atoms with Crippen molar-refractivity contribution in [2.24, 2.45) is 0 Å². The fourth-order valence-electron chi connectivity index (χ4n) is 7.16. The normalized spacial score (nSPS) is 13.7. The monoisotopic (exact) mass is 857 g/mol. The van der Waals surface area contributed by atoms with Crippen LogP contribution in [0.2, 0.25) is 0 Å². The number of esters is 1. The van der Waals surface area contributed by atoms with E-state index in [1.54, 1.807) is 6.26 Å². The van der Waals surface area contributed by atoms with Gasteiger partial charge in [0.25, 0.3) is 0 Å². The molecule has 9 heteroatoms. The molecule has 0 aliphatic rings. The van der Waals surface area contributed by atoms with Crippen LogP contribution in [0, 0.1) is 0 Å². The first-order valence-corrected chi connectivity index (χ1v) is 26.6. The Hall–Kier alpha value is -1.18. The molecule has 0 saturated carbocycles. The highest BCUT2D eigenvalue weighted by Crippen LogP contribution is 2.43. The van der Waals surface area contributed by atoms with Gasteiger partial charge in [0.1, 0.15) is 19.8 Å². The summed E-state index contributed by atoms with van der Waals surface area (Å²) in [6, 6.07) is 0. The van der Waals surface area contributed by atoms with Crippen molar-refractivity contribution in [2.45, 2.75) is 245 Å². The maximum absolute atomic E-state index is 12.7. The smallest absolute Gasteiger partial charge is 0.472 e. The van der Waals surface area contributed by atoms with Crippen LogP contribution in [-0.2, 0) is 27.9 Å². The van der Waals surface area contributed by atoms with Gasteiger partial charge in [0, 0.05) is 6.42 Å². The van der Waals surface area contributed by atoms with Crippen LogP contribution in [0.1, 0.15) is 239 Å². The fraction of sp³-hybridized carbons (Fsp3) is 0.900. The van der Waals surface area contributed by atoms with Gasteiger partial charge in [-0.1, -0.05) is 199 Å². The molecular formula is C50H99NO7P+. The SMILES string of the molecule is CCCCCC/C=C\CCCCCCCC/C=C\OC[C@H](COP(=O)(O)OCC[N+](C)(C)C)OC(=O)CCCCCCCCCCCCCCCCCCCCCCC. The molecule has 0 aromatic rings. The van der Waals surface area contributed by atoms with E-state index < -0.39 is 13.9 Å². The molecule has 8 nitrogen and oxygen atoms in total. The van der Waals surface area contributed by atoms with E-state index in [1.165, 1.54) is 186 Å². The number of quaternary nitrogens is 1. The zero-order valence-electron chi connectivity index (χ0n) is 39.8. The lowest BCUT2D eigenvalue weighted by Crippen LogP contribution is -2.37. The van der Waals surface area contributed by atoms with Gasteiger partial charge in [-0.15, -0.1) is 0 Å². The first-order chi connectivity index (χ1) is 28.6. The zero-order chi connectivity index (χ0) is 43.4. The summed E-state index contributed by atoms with van der Waals surface area (Å²) in [6.07, 6.45) is 51.7. The van der Waals surface area contributed by atoms with Crippen LogP contribution < -0.4 is 0 Å². The molecule has 0 rings (SSSR count). The third-order valence-electron chi connectivity index (χ3n) is 11.1. The van der Waals surface area contributed by atoms with Gasteiger partial charge >= 0.3 is 13.8 Å². The summed E-state index contributed by atoms with van der Waals surface area (Å²) in [6.45, 7) is 4.95. The summed E-state index contributed by atoms with van der Waals surface area (Å²) < 4.78 is 34.9. The molecular weight excluding hydrogens is 758 g/mol. The number of likely N-dealkylation sites (N-methyl/N-ethyl adjacent to an activating group) is 1. The van der Waals surface area contributed by atoms with Gasteiger partial charge in [-0.05, 0) is 51.0 Å². The summed E-state index contributed by atoms with van der Waals surface area (Å²) in [7, 11) is 1.64. The second-order valence-corrected chi connectivity index (χ2v) is 19.7. The predicted molar refractivity (Wildman–Crippen MR) is 252 cm³/mol. The Bertz CT molecular complexity index is 998. The van der Waals surface area contributed by atoms with Gasteiger partial charge in [-0.2, -0.15) is 0 Å². The zero-order valence-corrected chi connectivity index (χ0v) is 40.6. The molecule has 0 fully saturated rings. The highest BCUT2D eigenvalue weighted by atomic mass is 31.2. The largest absolute Gasteiger partial charge is 0.498 e. The first kappa shape index (κ1) is 57.8. The topological polar surface area (TPSA) is 91.3 Å². The number of hydrogen-bond acceptors (Lipinski definition) is 6. The number of carbonyl (C=O) groups is 1. The van der Waals surface area contributed by atoms with Gasteiger partial charge in [0.2, 0.25) is 0 Å². The van der Waals surface area contributed by atoms with Crippen molar-refractivity contribution < 1.29 is 37.3 Å². The Morgan fingerprint density at radius 2 is 0.898 bits per heavy atom. The van der Waals surface area contributed by atoms with E-state index in [9.17, 15) is 14.3 Å². The minimum Gasteiger partial charge on any atom is -0.498 e. The molecule has 0 bridgehead atoms. The van der Waals surface area contributed by atoms with Crippen LogP contribution in [0.4, 0.5) is 0 Å². The number of hydrogen-bond donors (Lipinski definition) is 1. The maximum Gasteiger partial charge on any atom is 0.472 e. The molecule has 0 radical (unpaired) electrons. The summed E-state index contributed by atoms with van der Waals surface area (Å²) in [5, 5.41) is 0. The third-order valence-corrected chi connectivity index (χ3v) is 12.1. The van der Waals surface area contributed by atoms with Crippen LogP contribution in [0.15, 0.2) is 24.5 Å². The number of rotatable bonds is 47. The van der Waals surface area contributed by atoms with Crippen molar-refractivity contribution in [3.63, 3.8) is 0 Å². The quantitative estimate of drug-likeness (QED) is 0.0163. The molecule has 0 heterocycles. The predicted octanol–water partition coefficient (Wildman–Crippen LogP) is 15.5. The van der Waals surface area contributed by atoms with Crippen LogP contribution in [0.5, 0.6) is 0 Å². The second-order valence-electron chi connectivity index (χ2n) is 18.3. The molecule has 0 saturated heterocycles. The molecule has 1 N–H and O–H groups in total. The fourth-order valence-corrected chi connectivity index (χ4v) is 7.90. The average molecular weight is 857 g/mol. The van der Waals surface area contributed by atoms with Crippen LogP contribution in [-0.4, -0.2) is 69.0 Å². The summed E-state index contributed by atoms with van der Waals surface area (Å²) in [4.78, 5) is 23.0. The van der Waals surface area contributed by atoms with E-state index in [4.69, 9.17) is 18.5 Å². The van der Waals surface area contributed by atoms with E-state index in [1.807, 2.05) is 27.2 Å². The molecule has 350 valence electrons. The van der Waals surface area contributed by atoms with Gasteiger partial charge in [0.05, 0.1) is 34.0 Å². The van der Waals surface area contributed by atoms with Crippen LogP contribution in [0.25, 0.3) is 0 Å². The Morgan fingerprint density at radius 3 is 1.32 bits per heavy atom. The van der Waals surface area contributed by atoms with Crippen LogP contribution in [0.3, 0.4) is 0 Å². The second kappa shape index (κ2) is 43.5. The minimum atomic E-state index is -4.29. The summed E-state index contributed by atoms with van der Waals surface area (Å²) in [5.74, 6) is -0.332. The molecule has 0 aromatic heterocycles. The molecule has 0 amide bonds. The van der Waals surface area contributed by atoms with Gasteiger partial charge in [-0.25, -0.2) is 4.57 Å².